The van der Waals surface area contributed by atoms with Crippen molar-refractivity contribution in [1.82, 2.24) is 10.2 Å². The van der Waals surface area contributed by atoms with Gasteiger partial charge >= 0.3 is 0 Å². The highest BCUT2D eigenvalue weighted by Crippen LogP contribution is 2.29. The second-order valence-electron chi connectivity index (χ2n) is 6.20. The van der Waals surface area contributed by atoms with E-state index in [9.17, 15) is 0 Å². The van der Waals surface area contributed by atoms with Gasteiger partial charge in [0.05, 0.1) is 0 Å². The Hall–Kier alpha value is -1.06. The Balaban J connectivity index is 1.59. The second-order valence-corrected chi connectivity index (χ2v) is 6.20. The summed E-state index contributed by atoms with van der Waals surface area (Å²) < 4.78 is 6.08. The van der Waals surface area contributed by atoms with Crippen LogP contribution in [0.25, 0.3) is 0 Å². The molecule has 0 radical (unpaired) electrons. The molecule has 2 aliphatic heterocycles. The van der Waals surface area contributed by atoms with Crippen molar-refractivity contribution in [2.75, 3.05) is 26.2 Å². The first-order valence-electron chi connectivity index (χ1n) is 7.96. The van der Waals surface area contributed by atoms with E-state index in [1.807, 2.05) is 0 Å². The van der Waals surface area contributed by atoms with Crippen molar-refractivity contribution in [3.63, 3.8) is 0 Å². The predicted molar refractivity (Wildman–Crippen MR) is 82.3 cm³/mol. The Morgan fingerprint density at radius 1 is 1.30 bits per heavy atom. The van der Waals surface area contributed by atoms with E-state index in [1.54, 1.807) is 0 Å². The van der Waals surface area contributed by atoms with Gasteiger partial charge in [-0.05, 0) is 24.5 Å². The maximum absolute atomic E-state index is 6.08. The van der Waals surface area contributed by atoms with Crippen LogP contribution in [0.4, 0.5) is 0 Å². The van der Waals surface area contributed by atoms with E-state index in [1.165, 1.54) is 18.4 Å². The summed E-state index contributed by atoms with van der Waals surface area (Å²) in [6.07, 6.45) is 3.79. The van der Waals surface area contributed by atoms with E-state index in [4.69, 9.17) is 4.74 Å². The zero-order valence-electron chi connectivity index (χ0n) is 12.7. The van der Waals surface area contributed by atoms with Crippen LogP contribution in [0.1, 0.15) is 32.3 Å². The molecule has 1 unspecified atom stereocenters. The monoisotopic (exact) mass is 274 g/mol. The third-order valence-corrected chi connectivity index (χ3v) is 4.98. The number of hydrogen-bond donors (Lipinski definition) is 1. The maximum Gasteiger partial charge on any atom is 0.123 e. The quantitative estimate of drug-likeness (QED) is 0.913. The molecule has 1 saturated heterocycles. The van der Waals surface area contributed by atoms with Gasteiger partial charge in [0.1, 0.15) is 11.9 Å². The number of piperazine rings is 1. The molecule has 3 rings (SSSR count). The highest BCUT2D eigenvalue weighted by Gasteiger charge is 2.33. The largest absolute Gasteiger partial charge is 0.488 e. The molecule has 1 N–H and O–H groups in total. The normalized spacial score (nSPS) is 25.2. The molecule has 0 aliphatic carbocycles. The van der Waals surface area contributed by atoms with Gasteiger partial charge in [-0.2, -0.15) is 0 Å². The van der Waals surface area contributed by atoms with Gasteiger partial charge in [-0.15, -0.1) is 0 Å². The second kappa shape index (κ2) is 5.74. The molecular weight excluding hydrogens is 248 g/mol. The van der Waals surface area contributed by atoms with Gasteiger partial charge in [0.2, 0.25) is 0 Å². The minimum Gasteiger partial charge on any atom is -0.488 e. The number of fused-ring (bicyclic) bond motifs is 1. The van der Waals surface area contributed by atoms with Crippen molar-refractivity contribution in [2.24, 2.45) is 0 Å². The third-order valence-electron chi connectivity index (χ3n) is 4.98. The third kappa shape index (κ3) is 2.70. The average Bonchev–Trinajstić information content (AvgIpc) is 2.89. The predicted octanol–water partition coefficient (Wildman–Crippen LogP) is 2.45. The molecule has 2 heterocycles. The Labute approximate surface area is 122 Å². The molecule has 0 spiro atoms. The van der Waals surface area contributed by atoms with Crippen LogP contribution >= 0.6 is 0 Å². The summed E-state index contributed by atoms with van der Waals surface area (Å²) in [4.78, 5) is 2.58. The van der Waals surface area contributed by atoms with Crippen LogP contribution in [-0.2, 0) is 6.42 Å². The van der Waals surface area contributed by atoms with Crippen molar-refractivity contribution >= 4 is 0 Å². The fourth-order valence-corrected chi connectivity index (χ4v) is 3.57. The first-order valence-corrected chi connectivity index (χ1v) is 7.96. The lowest BCUT2D eigenvalue weighted by atomic mass is 9.90. The molecule has 1 atom stereocenters. The lowest BCUT2D eigenvalue weighted by Gasteiger charge is -2.43. The summed E-state index contributed by atoms with van der Waals surface area (Å²) in [5.74, 6) is 1.09. The molecular formula is C17H26N2O. The van der Waals surface area contributed by atoms with Gasteiger partial charge in [-0.1, -0.05) is 32.0 Å². The fraction of sp³-hybridized carbons (Fsp3) is 0.647. The van der Waals surface area contributed by atoms with Crippen molar-refractivity contribution < 1.29 is 4.74 Å². The Kier molecular flexibility index (Phi) is 3.99. The molecule has 3 heteroatoms. The topological polar surface area (TPSA) is 24.5 Å². The van der Waals surface area contributed by atoms with E-state index < -0.39 is 0 Å². The van der Waals surface area contributed by atoms with Crippen LogP contribution in [0.15, 0.2) is 24.3 Å². The summed E-state index contributed by atoms with van der Waals surface area (Å²) in [6.45, 7) is 9.03. The molecule has 3 nitrogen and oxygen atoms in total. The number of ether oxygens (including phenoxy) is 1. The maximum atomic E-state index is 6.08. The van der Waals surface area contributed by atoms with Crippen LogP contribution < -0.4 is 10.1 Å². The molecule has 0 amide bonds. The van der Waals surface area contributed by atoms with Crippen LogP contribution in [0.3, 0.4) is 0 Å². The van der Waals surface area contributed by atoms with Gasteiger partial charge in [0, 0.05) is 38.1 Å². The van der Waals surface area contributed by atoms with Crippen molar-refractivity contribution in [1.29, 1.82) is 0 Å². The smallest absolute Gasteiger partial charge is 0.123 e. The number of rotatable bonds is 4. The lowest BCUT2D eigenvalue weighted by Crippen LogP contribution is -2.60. The molecule has 0 bridgehead atoms. The fourth-order valence-electron chi connectivity index (χ4n) is 3.57. The molecule has 20 heavy (non-hydrogen) atoms. The molecule has 1 fully saturated rings. The van der Waals surface area contributed by atoms with E-state index in [0.717, 1.165) is 38.3 Å². The SMILES string of the molecule is CCC1(CC)CN(CC2Cc3ccccc3O2)CCN1. The highest BCUT2D eigenvalue weighted by molar-refractivity contribution is 5.37. The van der Waals surface area contributed by atoms with E-state index in [2.05, 4.69) is 48.3 Å². The standard InChI is InChI=1S/C17H26N2O/c1-3-17(4-2)13-19(10-9-18-17)12-15-11-14-7-5-6-8-16(14)20-15/h5-8,15,18H,3-4,9-13H2,1-2H3. The van der Waals surface area contributed by atoms with Crippen LogP contribution in [-0.4, -0.2) is 42.7 Å². The van der Waals surface area contributed by atoms with Crippen LogP contribution in [0, 0.1) is 0 Å². The Morgan fingerprint density at radius 2 is 2.10 bits per heavy atom. The number of para-hydroxylation sites is 1. The van der Waals surface area contributed by atoms with Crippen molar-refractivity contribution in [3.8, 4) is 5.75 Å². The number of nitrogens with zero attached hydrogens (tertiary/aromatic N) is 1. The summed E-state index contributed by atoms with van der Waals surface area (Å²) in [5, 5.41) is 3.72. The van der Waals surface area contributed by atoms with Gasteiger partial charge in [-0.25, -0.2) is 0 Å². The van der Waals surface area contributed by atoms with Gasteiger partial charge in [0.15, 0.2) is 0 Å². The van der Waals surface area contributed by atoms with Gasteiger partial charge in [-0.3, -0.25) is 4.90 Å². The number of nitrogens with one attached hydrogen (secondary N) is 1. The molecule has 1 aromatic rings. The minimum atomic E-state index is 0.309. The molecule has 2 aliphatic rings. The van der Waals surface area contributed by atoms with E-state index >= 15 is 0 Å². The minimum absolute atomic E-state index is 0.309. The number of benzene rings is 1. The van der Waals surface area contributed by atoms with E-state index in [0.29, 0.717) is 11.6 Å². The molecule has 1 aromatic carbocycles. The van der Waals surface area contributed by atoms with Crippen LogP contribution in [0.5, 0.6) is 5.75 Å². The van der Waals surface area contributed by atoms with Crippen molar-refractivity contribution in [2.45, 2.75) is 44.8 Å². The Morgan fingerprint density at radius 3 is 2.85 bits per heavy atom. The molecule has 110 valence electrons. The van der Waals surface area contributed by atoms with Crippen LogP contribution in [0.2, 0.25) is 0 Å². The lowest BCUT2D eigenvalue weighted by molar-refractivity contribution is 0.0840. The summed E-state index contributed by atoms with van der Waals surface area (Å²) in [6, 6.07) is 8.45. The van der Waals surface area contributed by atoms with Gasteiger partial charge in [0.25, 0.3) is 0 Å². The number of hydrogen-bond acceptors (Lipinski definition) is 3. The molecule has 0 saturated carbocycles. The zero-order valence-corrected chi connectivity index (χ0v) is 12.7. The average molecular weight is 274 g/mol. The summed E-state index contributed by atoms with van der Waals surface area (Å²) in [7, 11) is 0. The summed E-state index contributed by atoms with van der Waals surface area (Å²) in [5.41, 5.74) is 1.67. The zero-order chi connectivity index (χ0) is 14.0. The highest BCUT2D eigenvalue weighted by atomic mass is 16.5. The first-order chi connectivity index (χ1) is 9.74. The Bertz CT molecular complexity index is 431. The van der Waals surface area contributed by atoms with Crippen molar-refractivity contribution in [3.05, 3.63) is 29.8 Å². The molecule has 0 aromatic heterocycles. The van der Waals surface area contributed by atoms with Gasteiger partial charge < -0.3 is 10.1 Å². The summed E-state index contributed by atoms with van der Waals surface area (Å²) >= 11 is 0. The first kappa shape index (κ1) is 13.9. The van der Waals surface area contributed by atoms with E-state index in [-0.39, 0.29) is 0 Å².